The van der Waals surface area contributed by atoms with Crippen molar-refractivity contribution in [2.45, 2.75) is 232 Å². The van der Waals surface area contributed by atoms with Crippen molar-refractivity contribution < 1.29 is 37.9 Å². The van der Waals surface area contributed by atoms with Gasteiger partial charge in [0.05, 0.1) is 6.61 Å². The van der Waals surface area contributed by atoms with Crippen molar-refractivity contribution in [1.82, 2.24) is 0 Å². The number of esters is 2. The van der Waals surface area contributed by atoms with E-state index in [0.717, 1.165) is 44.9 Å². The number of carbonyl (C=O) groups is 2. The SMILES string of the molecule is CCCCCCCCCC/C=C\CCCCCCCCCC(=O)O[C@H](COC(=O)CCCCCCCCCCCCCCCC)COP(=O)(O)O. The summed E-state index contributed by atoms with van der Waals surface area (Å²) in [5.74, 6) is -0.878. The molecule has 0 unspecified atom stereocenters. The molecule has 0 saturated heterocycles. The summed E-state index contributed by atoms with van der Waals surface area (Å²) in [5, 5.41) is 0. The van der Waals surface area contributed by atoms with Crippen LogP contribution in [-0.4, -0.2) is 41.0 Å². The Bertz CT molecular complexity index is 843. The Kier molecular flexibility index (Phi) is 37.6. The zero-order valence-electron chi connectivity index (χ0n) is 33.3. The highest BCUT2D eigenvalue weighted by Crippen LogP contribution is 2.36. The number of allylic oxidation sites excluding steroid dienone is 2. The fourth-order valence-corrected chi connectivity index (χ4v) is 6.67. The van der Waals surface area contributed by atoms with Gasteiger partial charge in [0.25, 0.3) is 0 Å². The van der Waals surface area contributed by atoms with Gasteiger partial charge >= 0.3 is 19.8 Å². The maximum atomic E-state index is 12.4. The minimum Gasteiger partial charge on any atom is -0.462 e. The smallest absolute Gasteiger partial charge is 0.462 e. The Labute approximate surface area is 314 Å². The highest BCUT2D eigenvalue weighted by atomic mass is 31.2. The van der Waals surface area contributed by atoms with Gasteiger partial charge in [-0.3, -0.25) is 14.1 Å². The molecule has 0 aliphatic rings. The summed E-state index contributed by atoms with van der Waals surface area (Å²) >= 11 is 0. The number of hydrogen-bond donors (Lipinski definition) is 2. The molecule has 0 aliphatic carbocycles. The molecule has 0 fully saturated rings. The highest BCUT2D eigenvalue weighted by molar-refractivity contribution is 7.46. The molecule has 0 saturated carbocycles. The molecule has 0 aliphatic heterocycles. The van der Waals surface area contributed by atoms with Crippen LogP contribution in [0.3, 0.4) is 0 Å². The average Bonchev–Trinajstić information content (AvgIpc) is 3.10. The first-order chi connectivity index (χ1) is 24.8. The quantitative estimate of drug-likeness (QED) is 0.0275. The van der Waals surface area contributed by atoms with Gasteiger partial charge in [-0.15, -0.1) is 0 Å². The molecule has 0 radical (unpaired) electrons. The summed E-state index contributed by atoms with van der Waals surface area (Å²) in [6, 6.07) is 0. The number of rotatable bonds is 40. The Morgan fingerprint density at radius 1 is 0.490 bits per heavy atom. The van der Waals surface area contributed by atoms with Crippen LogP contribution in [-0.2, 0) is 28.2 Å². The zero-order valence-corrected chi connectivity index (χ0v) is 34.2. The molecular formula is C42H81O8P. The summed E-state index contributed by atoms with van der Waals surface area (Å²) in [7, 11) is -4.75. The summed E-state index contributed by atoms with van der Waals surface area (Å²) in [6.07, 6.45) is 42.2. The zero-order chi connectivity index (χ0) is 37.5. The monoisotopic (exact) mass is 745 g/mol. The Balaban J connectivity index is 3.87. The molecule has 0 amide bonds. The number of unbranched alkanes of at least 4 members (excludes halogenated alkanes) is 28. The number of carbonyl (C=O) groups excluding carboxylic acids is 2. The first kappa shape index (κ1) is 49.8. The fourth-order valence-electron chi connectivity index (χ4n) is 6.31. The number of phosphoric acid groups is 1. The van der Waals surface area contributed by atoms with Gasteiger partial charge in [0.15, 0.2) is 6.10 Å². The maximum absolute atomic E-state index is 12.4. The largest absolute Gasteiger partial charge is 0.469 e. The van der Waals surface area contributed by atoms with Crippen LogP contribution in [0.25, 0.3) is 0 Å². The van der Waals surface area contributed by atoms with Crippen LogP contribution in [0.15, 0.2) is 12.2 Å². The minimum atomic E-state index is -4.75. The van der Waals surface area contributed by atoms with Crippen molar-refractivity contribution in [2.75, 3.05) is 13.2 Å². The van der Waals surface area contributed by atoms with Gasteiger partial charge in [0, 0.05) is 12.8 Å². The third-order valence-corrected chi connectivity index (χ3v) is 10.0. The average molecular weight is 745 g/mol. The van der Waals surface area contributed by atoms with E-state index in [2.05, 4.69) is 30.5 Å². The van der Waals surface area contributed by atoms with Crippen molar-refractivity contribution in [2.24, 2.45) is 0 Å². The maximum Gasteiger partial charge on any atom is 0.469 e. The normalized spacial score (nSPS) is 12.5. The number of hydrogen-bond acceptors (Lipinski definition) is 6. The summed E-state index contributed by atoms with van der Waals surface area (Å²) < 4.78 is 26.4. The third-order valence-electron chi connectivity index (χ3n) is 9.53. The van der Waals surface area contributed by atoms with Gasteiger partial charge in [0.1, 0.15) is 6.61 Å². The van der Waals surface area contributed by atoms with Gasteiger partial charge in [-0.25, -0.2) is 4.57 Å². The lowest BCUT2D eigenvalue weighted by Gasteiger charge is -2.18. The topological polar surface area (TPSA) is 119 Å². The molecule has 0 bridgehead atoms. The molecule has 0 heterocycles. The minimum absolute atomic E-state index is 0.211. The summed E-state index contributed by atoms with van der Waals surface area (Å²) in [5.41, 5.74) is 0. The fraction of sp³-hybridized carbons (Fsp3) is 0.905. The van der Waals surface area contributed by atoms with E-state index in [1.165, 1.54) is 148 Å². The Hall–Kier alpha value is -1.21. The molecule has 0 aromatic rings. The van der Waals surface area contributed by atoms with E-state index in [4.69, 9.17) is 19.3 Å². The third kappa shape index (κ3) is 41.4. The lowest BCUT2D eigenvalue weighted by Crippen LogP contribution is -2.29. The molecule has 0 aromatic heterocycles. The molecule has 9 heteroatoms. The van der Waals surface area contributed by atoms with E-state index in [9.17, 15) is 14.2 Å². The summed E-state index contributed by atoms with van der Waals surface area (Å²) in [6.45, 7) is 3.70. The lowest BCUT2D eigenvalue weighted by molar-refractivity contribution is -0.161. The second-order valence-corrected chi connectivity index (χ2v) is 15.9. The molecule has 0 spiro atoms. The number of ether oxygens (including phenoxy) is 2. The van der Waals surface area contributed by atoms with Crippen LogP contribution in [0.5, 0.6) is 0 Å². The predicted molar refractivity (Wildman–Crippen MR) is 212 cm³/mol. The molecule has 0 rings (SSSR count). The predicted octanol–water partition coefficient (Wildman–Crippen LogP) is 13.0. The van der Waals surface area contributed by atoms with Gasteiger partial charge in [-0.1, -0.05) is 187 Å². The van der Waals surface area contributed by atoms with Gasteiger partial charge in [-0.05, 0) is 38.5 Å². The molecule has 8 nitrogen and oxygen atoms in total. The second kappa shape index (κ2) is 38.5. The first-order valence-corrected chi connectivity index (χ1v) is 23.0. The van der Waals surface area contributed by atoms with Crippen LogP contribution < -0.4 is 0 Å². The standard InChI is InChI=1S/C42H81O8P/c1-3-5-7-9-11-13-15-17-19-20-21-22-23-25-27-29-31-33-35-37-42(44)50-40(39-49-51(45,46)47)38-48-41(43)36-34-32-30-28-26-24-18-16-14-12-10-8-6-4-2/h20-21,40H,3-19,22-39H2,1-2H3,(H2,45,46,47)/b21-20-/t40-/m1/s1. The van der Waals surface area contributed by atoms with Crippen molar-refractivity contribution in [3.05, 3.63) is 12.2 Å². The van der Waals surface area contributed by atoms with E-state index in [1.807, 2.05) is 0 Å². The van der Waals surface area contributed by atoms with Crippen LogP contribution in [0.4, 0.5) is 0 Å². The number of phosphoric ester groups is 1. The van der Waals surface area contributed by atoms with Crippen LogP contribution in [0, 0.1) is 0 Å². The Morgan fingerprint density at radius 2 is 0.824 bits per heavy atom. The van der Waals surface area contributed by atoms with E-state index < -0.39 is 32.5 Å². The molecule has 51 heavy (non-hydrogen) atoms. The van der Waals surface area contributed by atoms with Crippen molar-refractivity contribution in [3.63, 3.8) is 0 Å². The first-order valence-electron chi connectivity index (χ1n) is 21.5. The van der Waals surface area contributed by atoms with Gasteiger partial charge < -0.3 is 19.3 Å². The van der Waals surface area contributed by atoms with Crippen molar-refractivity contribution in [1.29, 1.82) is 0 Å². The van der Waals surface area contributed by atoms with Crippen LogP contribution in [0.2, 0.25) is 0 Å². The Morgan fingerprint density at radius 3 is 1.20 bits per heavy atom. The molecule has 2 N–H and O–H groups in total. The van der Waals surface area contributed by atoms with Crippen LogP contribution >= 0.6 is 7.82 Å². The van der Waals surface area contributed by atoms with Gasteiger partial charge in [-0.2, -0.15) is 0 Å². The second-order valence-electron chi connectivity index (χ2n) is 14.7. The lowest BCUT2D eigenvalue weighted by atomic mass is 10.0. The summed E-state index contributed by atoms with van der Waals surface area (Å²) in [4.78, 5) is 42.8. The molecule has 0 aromatic carbocycles. The van der Waals surface area contributed by atoms with Crippen molar-refractivity contribution >= 4 is 19.8 Å². The van der Waals surface area contributed by atoms with E-state index in [1.54, 1.807) is 0 Å². The molecule has 1 atom stereocenters. The molecular weight excluding hydrogens is 663 g/mol. The van der Waals surface area contributed by atoms with E-state index in [-0.39, 0.29) is 19.4 Å². The van der Waals surface area contributed by atoms with Crippen LogP contribution in [0.1, 0.15) is 226 Å². The van der Waals surface area contributed by atoms with E-state index in [0.29, 0.717) is 6.42 Å². The van der Waals surface area contributed by atoms with Gasteiger partial charge in [0.2, 0.25) is 0 Å². The van der Waals surface area contributed by atoms with E-state index >= 15 is 0 Å². The highest BCUT2D eigenvalue weighted by Gasteiger charge is 2.22. The molecule has 302 valence electrons. The van der Waals surface area contributed by atoms with Crippen molar-refractivity contribution in [3.8, 4) is 0 Å².